The van der Waals surface area contributed by atoms with Crippen LogP contribution in [0.4, 0.5) is 4.79 Å². The third-order valence-corrected chi connectivity index (χ3v) is 2.07. The molecule has 0 aromatic heterocycles. The zero-order valence-electron chi connectivity index (χ0n) is 7.72. The van der Waals surface area contributed by atoms with Crippen molar-refractivity contribution in [1.29, 1.82) is 0 Å². The molecule has 0 saturated carbocycles. The highest BCUT2D eigenvalue weighted by Crippen LogP contribution is 2.14. The number of methoxy groups -OCH3 is 1. The Kier molecular flexibility index (Phi) is 2.53. The first kappa shape index (κ1) is 9.94. The molecule has 1 aliphatic rings. The van der Waals surface area contributed by atoms with Gasteiger partial charge in [-0.2, -0.15) is 0 Å². The molecule has 74 valence electrons. The molecule has 1 rings (SSSR count). The Hall–Kier alpha value is -1.14. The lowest BCUT2D eigenvalue weighted by atomic mass is 10.2. The number of rotatable bonds is 1. The number of hydrogen-bond donors (Lipinski definition) is 1. The molecule has 1 fully saturated rings. The van der Waals surface area contributed by atoms with Crippen LogP contribution in [-0.4, -0.2) is 60.4 Å². The third kappa shape index (κ3) is 1.38. The lowest BCUT2D eigenvalue weighted by Crippen LogP contribution is -2.62. The van der Waals surface area contributed by atoms with Gasteiger partial charge in [0.2, 0.25) is 0 Å². The van der Waals surface area contributed by atoms with Gasteiger partial charge in [-0.3, -0.25) is 14.6 Å². The third-order valence-electron chi connectivity index (χ3n) is 2.07. The molecular formula is C7H12N2O4. The average Bonchev–Trinajstić information content (AvgIpc) is 2.13. The highest BCUT2D eigenvalue weighted by Gasteiger charge is 2.42. The van der Waals surface area contributed by atoms with Crippen LogP contribution in [0.5, 0.6) is 0 Å². The molecule has 0 spiro atoms. The van der Waals surface area contributed by atoms with Gasteiger partial charge < -0.3 is 9.84 Å². The van der Waals surface area contributed by atoms with Crippen LogP contribution in [0, 0.1) is 0 Å². The Balaban J connectivity index is 2.92. The van der Waals surface area contributed by atoms with Gasteiger partial charge in [0, 0.05) is 21.2 Å². The van der Waals surface area contributed by atoms with Crippen LogP contribution in [-0.2, 0) is 9.53 Å². The number of amides is 3. The minimum Gasteiger partial charge on any atom is -0.379 e. The Labute approximate surface area is 75.7 Å². The minimum absolute atomic E-state index is 0.484. The van der Waals surface area contributed by atoms with E-state index < -0.39 is 24.3 Å². The maximum absolute atomic E-state index is 11.3. The zero-order valence-corrected chi connectivity index (χ0v) is 7.72. The van der Waals surface area contributed by atoms with E-state index in [0.29, 0.717) is 0 Å². The van der Waals surface area contributed by atoms with Crippen molar-refractivity contribution in [2.45, 2.75) is 12.3 Å². The Morgan fingerprint density at radius 3 is 2.38 bits per heavy atom. The van der Waals surface area contributed by atoms with E-state index in [1.54, 1.807) is 0 Å². The normalized spacial score (nSPS) is 29.8. The summed E-state index contributed by atoms with van der Waals surface area (Å²) in [5.41, 5.74) is 0. The van der Waals surface area contributed by atoms with Gasteiger partial charge in [0.05, 0.1) is 0 Å². The second-order valence-electron chi connectivity index (χ2n) is 2.86. The Bertz CT molecular complexity index is 221. The fourth-order valence-corrected chi connectivity index (χ4v) is 1.26. The first-order valence-corrected chi connectivity index (χ1v) is 3.76. The molecule has 0 unspecified atom stereocenters. The van der Waals surface area contributed by atoms with Crippen molar-refractivity contribution in [2.75, 3.05) is 21.2 Å². The first-order valence-electron chi connectivity index (χ1n) is 3.76. The van der Waals surface area contributed by atoms with Crippen LogP contribution in [0.15, 0.2) is 0 Å². The Morgan fingerprint density at radius 1 is 1.38 bits per heavy atom. The summed E-state index contributed by atoms with van der Waals surface area (Å²) in [7, 11) is 4.11. The standard InChI is InChI=1S/C7H12N2O4/c1-8-5(11)4(10)6(13-3)9(2)7(8)12/h4,6,10H,1-3H3/t4-,6-/m1/s1. The van der Waals surface area contributed by atoms with Crippen molar-refractivity contribution >= 4 is 11.9 Å². The number of hydrogen-bond acceptors (Lipinski definition) is 4. The van der Waals surface area contributed by atoms with Crippen molar-refractivity contribution < 1.29 is 19.4 Å². The molecule has 0 aromatic rings. The monoisotopic (exact) mass is 188 g/mol. The highest BCUT2D eigenvalue weighted by molar-refractivity contribution is 5.99. The zero-order chi connectivity index (χ0) is 10.2. The van der Waals surface area contributed by atoms with E-state index in [4.69, 9.17) is 4.74 Å². The lowest BCUT2D eigenvalue weighted by molar-refractivity contribution is -0.160. The van der Waals surface area contributed by atoms with Crippen LogP contribution in [0.3, 0.4) is 0 Å². The largest absolute Gasteiger partial charge is 0.379 e. The molecule has 1 heterocycles. The number of imide groups is 1. The number of nitrogens with zero attached hydrogens (tertiary/aromatic N) is 2. The summed E-state index contributed by atoms with van der Waals surface area (Å²) in [6.45, 7) is 0. The molecular weight excluding hydrogens is 176 g/mol. The molecule has 1 saturated heterocycles. The van der Waals surface area contributed by atoms with Crippen molar-refractivity contribution in [1.82, 2.24) is 9.80 Å². The predicted octanol–water partition coefficient (Wildman–Crippen LogP) is -1.16. The number of urea groups is 1. The molecule has 0 radical (unpaired) electrons. The predicted molar refractivity (Wildman–Crippen MR) is 42.7 cm³/mol. The van der Waals surface area contributed by atoms with Crippen molar-refractivity contribution in [3.63, 3.8) is 0 Å². The number of aliphatic hydroxyl groups excluding tert-OH is 1. The van der Waals surface area contributed by atoms with Crippen molar-refractivity contribution in [2.24, 2.45) is 0 Å². The number of aliphatic hydroxyl groups is 1. The summed E-state index contributed by atoms with van der Waals surface area (Å²) in [5.74, 6) is -0.644. The van der Waals surface area contributed by atoms with Crippen LogP contribution in [0.2, 0.25) is 0 Å². The smallest absolute Gasteiger partial charge is 0.328 e. The summed E-state index contributed by atoms with van der Waals surface area (Å²) in [4.78, 5) is 24.5. The number of likely N-dealkylation sites (N-methyl/N-ethyl adjacent to an activating group) is 2. The average molecular weight is 188 g/mol. The van der Waals surface area contributed by atoms with Gasteiger partial charge in [0.15, 0.2) is 12.3 Å². The molecule has 0 aromatic carbocycles. The van der Waals surface area contributed by atoms with E-state index >= 15 is 0 Å². The van der Waals surface area contributed by atoms with E-state index in [2.05, 4.69) is 0 Å². The molecule has 0 bridgehead atoms. The quantitative estimate of drug-likeness (QED) is 0.563. The van der Waals surface area contributed by atoms with E-state index in [1.807, 2.05) is 0 Å². The van der Waals surface area contributed by atoms with Crippen LogP contribution < -0.4 is 0 Å². The van der Waals surface area contributed by atoms with Crippen LogP contribution in [0.25, 0.3) is 0 Å². The summed E-state index contributed by atoms with van der Waals surface area (Å²) >= 11 is 0. The van der Waals surface area contributed by atoms with E-state index in [9.17, 15) is 14.7 Å². The van der Waals surface area contributed by atoms with Gasteiger partial charge in [-0.05, 0) is 0 Å². The van der Waals surface area contributed by atoms with Gasteiger partial charge in [0.25, 0.3) is 5.91 Å². The van der Waals surface area contributed by atoms with Crippen molar-refractivity contribution in [3.05, 3.63) is 0 Å². The summed E-state index contributed by atoms with van der Waals surface area (Å²) in [6.07, 6.45) is -2.20. The molecule has 2 atom stereocenters. The molecule has 6 nitrogen and oxygen atoms in total. The molecule has 6 heteroatoms. The SMILES string of the molecule is CO[C@@H]1[C@H](O)C(=O)N(C)C(=O)N1C. The highest BCUT2D eigenvalue weighted by atomic mass is 16.5. The van der Waals surface area contributed by atoms with Crippen LogP contribution in [0.1, 0.15) is 0 Å². The molecule has 1 aliphatic heterocycles. The van der Waals surface area contributed by atoms with Crippen LogP contribution >= 0.6 is 0 Å². The molecule has 0 aliphatic carbocycles. The van der Waals surface area contributed by atoms with Crippen molar-refractivity contribution in [3.8, 4) is 0 Å². The maximum Gasteiger partial charge on any atom is 0.328 e. The topological polar surface area (TPSA) is 70.1 Å². The second-order valence-corrected chi connectivity index (χ2v) is 2.86. The number of carbonyl (C=O) groups is 2. The summed E-state index contributed by atoms with van der Waals surface area (Å²) < 4.78 is 4.81. The van der Waals surface area contributed by atoms with Gasteiger partial charge in [0.1, 0.15) is 0 Å². The van der Waals surface area contributed by atoms with Gasteiger partial charge in [-0.15, -0.1) is 0 Å². The Morgan fingerprint density at radius 2 is 1.92 bits per heavy atom. The fourth-order valence-electron chi connectivity index (χ4n) is 1.26. The van der Waals surface area contributed by atoms with Gasteiger partial charge in [-0.1, -0.05) is 0 Å². The molecule has 3 amide bonds. The van der Waals surface area contributed by atoms with Gasteiger partial charge >= 0.3 is 6.03 Å². The van der Waals surface area contributed by atoms with E-state index in [1.165, 1.54) is 26.1 Å². The number of ether oxygens (including phenoxy) is 1. The molecule has 1 N–H and O–H groups in total. The second kappa shape index (κ2) is 3.31. The number of carbonyl (C=O) groups excluding carboxylic acids is 2. The van der Waals surface area contributed by atoms with E-state index in [0.717, 1.165) is 4.90 Å². The maximum atomic E-state index is 11.3. The fraction of sp³-hybridized carbons (Fsp3) is 0.714. The minimum atomic E-state index is -1.31. The lowest BCUT2D eigenvalue weighted by Gasteiger charge is -2.38. The first-order chi connectivity index (χ1) is 6.00. The van der Waals surface area contributed by atoms with Gasteiger partial charge in [-0.25, -0.2) is 4.79 Å². The summed E-state index contributed by atoms with van der Waals surface area (Å²) in [6, 6.07) is -0.484. The van der Waals surface area contributed by atoms with E-state index in [-0.39, 0.29) is 0 Å². The summed E-state index contributed by atoms with van der Waals surface area (Å²) in [5, 5.41) is 9.39. The molecule has 13 heavy (non-hydrogen) atoms.